The lowest BCUT2D eigenvalue weighted by Crippen LogP contribution is -2.40. The Morgan fingerprint density at radius 2 is 0.923 bits per heavy atom. The predicted octanol–water partition coefficient (Wildman–Crippen LogP) is 3.34. The van der Waals surface area contributed by atoms with Crippen molar-refractivity contribution in [1.29, 1.82) is 0 Å². The van der Waals surface area contributed by atoms with Crippen molar-refractivity contribution in [2.75, 3.05) is 0 Å². The van der Waals surface area contributed by atoms with Crippen molar-refractivity contribution in [3.8, 4) is 0 Å². The molecule has 0 aromatic heterocycles. The third-order valence-corrected chi connectivity index (χ3v) is 5.83. The maximum atomic E-state index is 12.9. The Kier molecular flexibility index (Phi) is 4.27. The van der Waals surface area contributed by atoms with Crippen LogP contribution in [-0.4, -0.2) is 21.6 Å². The zero-order valence-corrected chi connectivity index (χ0v) is 15.3. The topological polar surface area (TPSA) is 40.6 Å². The van der Waals surface area contributed by atoms with Crippen LogP contribution in [0.5, 0.6) is 0 Å². The fourth-order valence-corrected chi connectivity index (χ4v) is 3.98. The number of benzene rings is 2. The Morgan fingerprint density at radius 3 is 1.19 bits per heavy atom. The van der Waals surface area contributed by atoms with E-state index in [-0.39, 0.29) is 23.7 Å². The maximum absolute atomic E-state index is 12.9. The van der Waals surface area contributed by atoms with Crippen LogP contribution < -0.4 is 0 Å². The molecule has 0 N–H and O–H groups in total. The van der Waals surface area contributed by atoms with E-state index in [9.17, 15) is 9.59 Å². The van der Waals surface area contributed by atoms with Gasteiger partial charge in [0.25, 0.3) is 0 Å². The van der Waals surface area contributed by atoms with Gasteiger partial charge in [-0.05, 0) is 22.3 Å². The summed E-state index contributed by atoms with van der Waals surface area (Å²) in [5, 5.41) is 0. The van der Waals surface area contributed by atoms with Gasteiger partial charge in [0.1, 0.15) is 0 Å². The first-order valence-corrected chi connectivity index (χ1v) is 9.25. The Balaban J connectivity index is 1.41. The molecule has 0 bridgehead atoms. The zero-order chi connectivity index (χ0) is 18.3. The first-order valence-electron chi connectivity index (χ1n) is 9.25. The van der Waals surface area contributed by atoms with Gasteiger partial charge in [0.2, 0.25) is 11.8 Å². The molecule has 0 spiro atoms. The number of hydrogen-bond acceptors (Lipinski definition) is 2. The van der Waals surface area contributed by atoms with Gasteiger partial charge >= 0.3 is 0 Å². The van der Waals surface area contributed by atoms with Gasteiger partial charge in [0.05, 0.1) is 0 Å². The van der Waals surface area contributed by atoms with E-state index in [4.69, 9.17) is 0 Å². The SMILES string of the molecule is C[C@H](C(=O)N1Cc2ccccc2C1)[C@@H](C)C(=O)N1Cc2ccccc2C1. The third-order valence-electron chi connectivity index (χ3n) is 5.83. The molecule has 26 heavy (non-hydrogen) atoms. The molecule has 4 heteroatoms. The van der Waals surface area contributed by atoms with Crippen LogP contribution in [0.2, 0.25) is 0 Å². The summed E-state index contributed by atoms with van der Waals surface area (Å²) < 4.78 is 0. The highest BCUT2D eigenvalue weighted by molar-refractivity contribution is 5.87. The fourth-order valence-electron chi connectivity index (χ4n) is 3.98. The lowest BCUT2D eigenvalue weighted by molar-refractivity contribution is -0.145. The van der Waals surface area contributed by atoms with Crippen LogP contribution in [0.1, 0.15) is 36.1 Å². The van der Waals surface area contributed by atoms with E-state index in [0.717, 1.165) is 0 Å². The summed E-state index contributed by atoms with van der Waals surface area (Å²) in [7, 11) is 0. The van der Waals surface area contributed by atoms with Crippen LogP contribution in [0.4, 0.5) is 0 Å². The number of carbonyl (C=O) groups is 2. The second-order valence-electron chi connectivity index (χ2n) is 7.50. The Hall–Kier alpha value is -2.62. The van der Waals surface area contributed by atoms with E-state index >= 15 is 0 Å². The first-order chi connectivity index (χ1) is 12.5. The van der Waals surface area contributed by atoms with E-state index in [1.165, 1.54) is 22.3 Å². The summed E-state index contributed by atoms with van der Waals surface area (Å²) in [5.41, 5.74) is 4.84. The van der Waals surface area contributed by atoms with E-state index < -0.39 is 0 Å². The van der Waals surface area contributed by atoms with E-state index in [2.05, 4.69) is 24.3 Å². The lowest BCUT2D eigenvalue weighted by Gasteiger charge is -2.27. The predicted molar refractivity (Wildman–Crippen MR) is 99.7 cm³/mol. The fraction of sp³-hybridized carbons (Fsp3) is 0.364. The monoisotopic (exact) mass is 348 g/mol. The molecule has 2 aliphatic heterocycles. The molecular formula is C22H24N2O2. The zero-order valence-electron chi connectivity index (χ0n) is 15.3. The molecule has 0 radical (unpaired) electrons. The van der Waals surface area contributed by atoms with Gasteiger partial charge in [-0.25, -0.2) is 0 Å². The molecule has 0 aliphatic carbocycles. The van der Waals surface area contributed by atoms with Crippen molar-refractivity contribution in [3.05, 3.63) is 70.8 Å². The Labute approximate surface area is 154 Å². The van der Waals surface area contributed by atoms with Gasteiger partial charge < -0.3 is 9.80 Å². The molecule has 0 fully saturated rings. The number of amides is 2. The molecule has 0 saturated carbocycles. The van der Waals surface area contributed by atoms with Gasteiger partial charge in [0.15, 0.2) is 0 Å². The van der Waals surface area contributed by atoms with Gasteiger partial charge in [0, 0.05) is 38.0 Å². The molecule has 4 rings (SSSR count). The molecule has 2 aromatic rings. The van der Waals surface area contributed by atoms with Gasteiger partial charge in [-0.1, -0.05) is 62.4 Å². The van der Waals surface area contributed by atoms with Crippen LogP contribution in [0.3, 0.4) is 0 Å². The molecule has 2 aromatic carbocycles. The molecule has 2 amide bonds. The number of fused-ring (bicyclic) bond motifs is 2. The first kappa shape index (κ1) is 16.8. The summed E-state index contributed by atoms with van der Waals surface area (Å²) in [6.45, 7) is 6.36. The van der Waals surface area contributed by atoms with Crippen molar-refractivity contribution < 1.29 is 9.59 Å². The Morgan fingerprint density at radius 1 is 0.654 bits per heavy atom. The quantitative estimate of drug-likeness (QED) is 0.853. The number of hydrogen-bond donors (Lipinski definition) is 0. The molecule has 4 nitrogen and oxygen atoms in total. The van der Waals surface area contributed by atoms with Crippen LogP contribution in [0, 0.1) is 11.8 Å². The van der Waals surface area contributed by atoms with Crippen LogP contribution in [0.25, 0.3) is 0 Å². The molecule has 134 valence electrons. The van der Waals surface area contributed by atoms with Gasteiger partial charge in [-0.2, -0.15) is 0 Å². The van der Waals surface area contributed by atoms with E-state index in [1.54, 1.807) is 0 Å². The van der Waals surface area contributed by atoms with Crippen LogP contribution in [0.15, 0.2) is 48.5 Å². The summed E-state index contributed by atoms with van der Waals surface area (Å²) in [6, 6.07) is 16.3. The second kappa shape index (κ2) is 6.60. The van der Waals surface area contributed by atoms with Crippen molar-refractivity contribution >= 4 is 11.8 Å². The normalized spacial score (nSPS) is 17.6. The van der Waals surface area contributed by atoms with E-state index in [1.807, 2.05) is 47.9 Å². The third kappa shape index (κ3) is 2.90. The van der Waals surface area contributed by atoms with Crippen molar-refractivity contribution in [3.63, 3.8) is 0 Å². The summed E-state index contributed by atoms with van der Waals surface area (Å²) in [6.07, 6.45) is 0. The highest BCUT2D eigenvalue weighted by atomic mass is 16.2. The largest absolute Gasteiger partial charge is 0.334 e. The highest BCUT2D eigenvalue weighted by Crippen LogP contribution is 2.29. The van der Waals surface area contributed by atoms with Crippen molar-refractivity contribution in [2.24, 2.45) is 11.8 Å². The van der Waals surface area contributed by atoms with Gasteiger partial charge in [-0.3, -0.25) is 9.59 Å². The minimum atomic E-state index is -0.319. The van der Waals surface area contributed by atoms with Crippen molar-refractivity contribution in [2.45, 2.75) is 40.0 Å². The molecule has 2 aliphatic rings. The maximum Gasteiger partial charge on any atom is 0.226 e. The number of carbonyl (C=O) groups excluding carboxylic acids is 2. The molecule has 0 unspecified atom stereocenters. The minimum absolute atomic E-state index is 0.0683. The number of nitrogens with zero attached hydrogens (tertiary/aromatic N) is 2. The standard InChI is InChI=1S/C22H24N2O2/c1-15(21(25)23-11-17-7-3-4-8-18(17)12-23)16(2)22(26)24-13-19-9-5-6-10-20(19)14-24/h3-10,15-16H,11-14H2,1-2H3/t15-,16+. The molecule has 2 atom stereocenters. The molecular weight excluding hydrogens is 324 g/mol. The van der Waals surface area contributed by atoms with Crippen LogP contribution >= 0.6 is 0 Å². The Bertz CT molecular complexity index is 739. The van der Waals surface area contributed by atoms with Crippen molar-refractivity contribution in [1.82, 2.24) is 9.80 Å². The van der Waals surface area contributed by atoms with Crippen LogP contribution in [-0.2, 0) is 35.8 Å². The second-order valence-corrected chi connectivity index (χ2v) is 7.50. The minimum Gasteiger partial charge on any atom is -0.334 e. The van der Waals surface area contributed by atoms with Gasteiger partial charge in [-0.15, -0.1) is 0 Å². The lowest BCUT2D eigenvalue weighted by atomic mass is 9.93. The number of rotatable bonds is 3. The molecule has 0 saturated heterocycles. The summed E-state index contributed by atoms with van der Waals surface area (Å²) in [5.74, 6) is -0.501. The average molecular weight is 348 g/mol. The average Bonchev–Trinajstić information content (AvgIpc) is 3.29. The molecule has 2 heterocycles. The van der Waals surface area contributed by atoms with E-state index in [0.29, 0.717) is 26.2 Å². The highest BCUT2D eigenvalue weighted by Gasteiger charge is 2.35. The smallest absolute Gasteiger partial charge is 0.226 e. The summed E-state index contributed by atoms with van der Waals surface area (Å²) in [4.78, 5) is 29.6. The summed E-state index contributed by atoms with van der Waals surface area (Å²) >= 11 is 0.